The molecule has 34 heavy (non-hydrogen) atoms. The van der Waals surface area contributed by atoms with Gasteiger partial charge >= 0.3 is 12.4 Å². The molecule has 4 aromatic rings. The van der Waals surface area contributed by atoms with Gasteiger partial charge in [-0.3, -0.25) is 4.79 Å². The van der Waals surface area contributed by atoms with Gasteiger partial charge in [0.1, 0.15) is 0 Å². The van der Waals surface area contributed by atoms with Crippen LogP contribution in [0.2, 0.25) is 0 Å². The van der Waals surface area contributed by atoms with Crippen molar-refractivity contribution in [2.24, 2.45) is 5.73 Å². The molecule has 0 radical (unpaired) electrons. The maximum atomic E-state index is 13.3. The van der Waals surface area contributed by atoms with Crippen LogP contribution in [-0.2, 0) is 18.9 Å². The molecule has 0 fully saturated rings. The lowest BCUT2D eigenvalue weighted by Gasteiger charge is -2.17. The molecule has 0 bridgehead atoms. The second kappa shape index (κ2) is 8.23. The molecule has 9 heteroatoms. The Morgan fingerprint density at radius 1 is 0.824 bits per heavy atom. The number of benzene rings is 3. The first-order chi connectivity index (χ1) is 15.8. The molecule has 3 aromatic carbocycles. The predicted octanol–water partition coefficient (Wildman–Crippen LogP) is 6.80. The van der Waals surface area contributed by atoms with Crippen LogP contribution in [-0.4, -0.2) is 10.5 Å². The van der Waals surface area contributed by atoms with E-state index in [0.29, 0.717) is 29.1 Å². The number of rotatable bonds is 4. The van der Waals surface area contributed by atoms with Gasteiger partial charge in [0.2, 0.25) is 0 Å². The van der Waals surface area contributed by atoms with Crippen LogP contribution in [0.3, 0.4) is 0 Å². The van der Waals surface area contributed by atoms with E-state index in [1.165, 1.54) is 10.6 Å². The molecule has 0 aliphatic heterocycles. The Morgan fingerprint density at radius 3 is 1.97 bits per heavy atom. The zero-order valence-corrected chi connectivity index (χ0v) is 17.8. The van der Waals surface area contributed by atoms with Gasteiger partial charge in [0.15, 0.2) is 0 Å². The van der Waals surface area contributed by atoms with Crippen LogP contribution >= 0.6 is 0 Å². The third-order valence-electron chi connectivity index (χ3n) is 5.67. The molecule has 4 rings (SSSR count). The highest BCUT2D eigenvalue weighted by Crippen LogP contribution is 2.37. The van der Waals surface area contributed by atoms with Gasteiger partial charge in [-0.2, -0.15) is 26.3 Å². The van der Waals surface area contributed by atoms with E-state index in [4.69, 9.17) is 5.73 Å². The van der Waals surface area contributed by atoms with E-state index in [-0.39, 0.29) is 23.7 Å². The van der Waals surface area contributed by atoms with Crippen LogP contribution in [0.1, 0.15) is 32.7 Å². The number of carbonyl (C=O) groups excluding carboxylic acids is 1. The van der Waals surface area contributed by atoms with E-state index in [2.05, 4.69) is 0 Å². The van der Waals surface area contributed by atoms with Crippen molar-refractivity contribution in [2.45, 2.75) is 25.8 Å². The predicted molar refractivity (Wildman–Crippen MR) is 116 cm³/mol. The number of hydrogen-bond donors (Lipinski definition) is 1. The average Bonchev–Trinajstić information content (AvgIpc) is 3.08. The fourth-order valence-corrected chi connectivity index (χ4v) is 3.98. The minimum absolute atomic E-state index is 0.0884. The molecule has 176 valence electrons. The van der Waals surface area contributed by atoms with Crippen LogP contribution in [0.5, 0.6) is 0 Å². The van der Waals surface area contributed by atoms with Crippen molar-refractivity contribution in [1.82, 2.24) is 4.57 Å². The molecule has 0 saturated carbocycles. The molecule has 0 saturated heterocycles. The maximum Gasteiger partial charge on any atom is 0.416 e. The van der Waals surface area contributed by atoms with Gasteiger partial charge in [0, 0.05) is 17.9 Å². The molecule has 1 amide bonds. The third kappa shape index (κ3) is 4.50. The molecule has 0 aliphatic rings. The Bertz CT molecular complexity index is 1370. The Hall–Kier alpha value is -3.75. The van der Waals surface area contributed by atoms with Crippen molar-refractivity contribution in [1.29, 1.82) is 0 Å². The van der Waals surface area contributed by atoms with Crippen molar-refractivity contribution < 1.29 is 31.1 Å². The van der Waals surface area contributed by atoms with Gasteiger partial charge in [-0.25, -0.2) is 0 Å². The first-order valence-corrected chi connectivity index (χ1v) is 10.1. The van der Waals surface area contributed by atoms with Gasteiger partial charge in [-0.05, 0) is 59.2 Å². The van der Waals surface area contributed by atoms with Crippen molar-refractivity contribution in [3.8, 4) is 11.3 Å². The van der Waals surface area contributed by atoms with Crippen LogP contribution in [0, 0.1) is 6.92 Å². The standard InChI is InChI=1S/C25H18F6N2O/c1-14-21(23(32)34)12-22(18-7-6-16-4-2-3-5-17(16)10-18)33(14)13-15-8-19(24(26,27)28)11-20(9-15)25(29,30)31/h2-12H,13H2,1H3,(H2,32,34). The summed E-state index contributed by atoms with van der Waals surface area (Å²) < 4.78 is 81.4. The number of alkyl halides is 6. The highest BCUT2D eigenvalue weighted by atomic mass is 19.4. The highest BCUT2D eigenvalue weighted by molar-refractivity contribution is 5.96. The maximum absolute atomic E-state index is 13.3. The topological polar surface area (TPSA) is 48.0 Å². The summed E-state index contributed by atoms with van der Waals surface area (Å²) in [4.78, 5) is 12.0. The first kappa shape index (κ1) is 23.4. The summed E-state index contributed by atoms with van der Waals surface area (Å²) in [6, 6.07) is 15.9. The molecule has 2 N–H and O–H groups in total. The van der Waals surface area contributed by atoms with Gasteiger partial charge in [0.05, 0.1) is 16.7 Å². The van der Waals surface area contributed by atoms with Crippen molar-refractivity contribution in [3.63, 3.8) is 0 Å². The number of fused-ring (bicyclic) bond motifs is 1. The van der Waals surface area contributed by atoms with Gasteiger partial charge < -0.3 is 10.3 Å². The lowest BCUT2D eigenvalue weighted by molar-refractivity contribution is -0.143. The Balaban J connectivity index is 1.89. The molecule has 3 nitrogen and oxygen atoms in total. The van der Waals surface area contributed by atoms with E-state index >= 15 is 0 Å². The number of halogens is 6. The summed E-state index contributed by atoms with van der Waals surface area (Å²) in [6.07, 6.45) is -9.91. The van der Waals surface area contributed by atoms with E-state index in [9.17, 15) is 31.1 Å². The lowest BCUT2D eigenvalue weighted by Crippen LogP contribution is -2.14. The number of primary amides is 1. The number of carbonyl (C=O) groups is 1. The van der Waals surface area contributed by atoms with Gasteiger partial charge in [-0.1, -0.05) is 36.4 Å². The lowest BCUT2D eigenvalue weighted by atomic mass is 10.0. The molecular weight excluding hydrogens is 458 g/mol. The molecule has 0 unspecified atom stereocenters. The average molecular weight is 476 g/mol. The second-order valence-corrected chi connectivity index (χ2v) is 7.96. The smallest absolute Gasteiger partial charge is 0.366 e. The number of amides is 1. The molecule has 1 heterocycles. The zero-order chi connectivity index (χ0) is 24.8. The fraction of sp³-hybridized carbons (Fsp3) is 0.160. The minimum Gasteiger partial charge on any atom is -0.366 e. The zero-order valence-electron chi connectivity index (χ0n) is 17.8. The quantitative estimate of drug-likeness (QED) is 0.324. The summed E-state index contributed by atoms with van der Waals surface area (Å²) >= 11 is 0. The fourth-order valence-electron chi connectivity index (χ4n) is 3.98. The monoisotopic (exact) mass is 476 g/mol. The number of aromatic nitrogens is 1. The van der Waals surface area contributed by atoms with Crippen LogP contribution in [0.15, 0.2) is 66.7 Å². The SMILES string of the molecule is Cc1c(C(N)=O)cc(-c2ccc3ccccc3c2)n1Cc1cc(C(F)(F)F)cc(C(F)(F)F)c1. The number of nitrogens with two attached hydrogens (primary N) is 1. The molecule has 1 aromatic heterocycles. The summed E-state index contributed by atoms with van der Waals surface area (Å²) in [5, 5.41) is 1.83. The van der Waals surface area contributed by atoms with Crippen LogP contribution in [0.4, 0.5) is 26.3 Å². The summed E-state index contributed by atoms with van der Waals surface area (Å²) in [5.41, 5.74) is 4.01. The Labute approximate surface area is 190 Å². The third-order valence-corrected chi connectivity index (χ3v) is 5.67. The summed E-state index contributed by atoms with van der Waals surface area (Å²) in [7, 11) is 0. The summed E-state index contributed by atoms with van der Waals surface area (Å²) in [6.45, 7) is 1.22. The highest BCUT2D eigenvalue weighted by Gasteiger charge is 2.37. The first-order valence-electron chi connectivity index (χ1n) is 10.1. The largest absolute Gasteiger partial charge is 0.416 e. The van der Waals surface area contributed by atoms with E-state index in [0.717, 1.165) is 10.8 Å². The molecule has 0 spiro atoms. The van der Waals surface area contributed by atoms with E-state index < -0.39 is 29.4 Å². The number of hydrogen-bond acceptors (Lipinski definition) is 1. The van der Waals surface area contributed by atoms with E-state index in [1.807, 2.05) is 36.4 Å². The van der Waals surface area contributed by atoms with E-state index in [1.54, 1.807) is 13.0 Å². The Morgan fingerprint density at radius 2 is 1.41 bits per heavy atom. The van der Waals surface area contributed by atoms with Gasteiger partial charge in [-0.15, -0.1) is 0 Å². The van der Waals surface area contributed by atoms with Crippen LogP contribution < -0.4 is 5.73 Å². The van der Waals surface area contributed by atoms with Crippen molar-refractivity contribution in [2.75, 3.05) is 0 Å². The molecular formula is C25H18F6N2O. The van der Waals surface area contributed by atoms with Gasteiger partial charge in [0.25, 0.3) is 5.91 Å². The van der Waals surface area contributed by atoms with Crippen molar-refractivity contribution in [3.05, 3.63) is 94.7 Å². The summed E-state index contributed by atoms with van der Waals surface area (Å²) in [5.74, 6) is -0.752. The normalized spacial score (nSPS) is 12.3. The molecule has 0 atom stereocenters. The van der Waals surface area contributed by atoms with Crippen LogP contribution in [0.25, 0.3) is 22.0 Å². The minimum atomic E-state index is -4.96. The number of nitrogens with zero attached hydrogens (tertiary/aromatic N) is 1. The Kier molecular flexibility index (Phi) is 5.67. The molecule has 0 aliphatic carbocycles. The van der Waals surface area contributed by atoms with Crippen molar-refractivity contribution >= 4 is 16.7 Å². The second-order valence-electron chi connectivity index (χ2n) is 7.96.